The summed E-state index contributed by atoms with van der Waals surface area (Å²) in [5, 5.41) is 3.85. The number of likely N-dealkylation sites (N-methyl/N-ethyl adjacent to an activating group) is 1. The highest BCUT2D eigenvalue weighted by atomic mass is 35.5. The number of hydrogen-bond donors (Lipinski definition) is 1. The lowest BCUT2D eigenvalue weighted by molar-refractivity contribution is 0.483. The zero-order valence-corrected chi connectivity index (χ0v) is 10.9. The Labute approximate surface area is 108 Å². The van der Waals surface area contributed by atoms with Gasteiger partial charge in [0.25, 0.3) is 0 Å². The molecule has 94 valence electrons. The quantitative estimate of drug-likeness (QED) is 0.727. The first-order chi connectivity index (χ1) is 8.19. The summed E-state index contributed by atoms with van der Waals surface area (Å²) in [6.07, 6.45) is 4.37. The van der Waals surface area contributed by atoms with Crippen molar-refractivity contribution in [3.05, 3.63) is 47.3 Å². The topological polar surface area (TPSA) is 12.0 Å². The molecule has 0 aliphatic heterocycles. The van der Waals surface area contributed by atoms with Gasteiger partial charge in [-0.25, -0.2) is 4.39 Å². The number of hydrogen-bond acceptors (Lipinski definition) is 1. The van der Waals surface area contributed by atoms with Gasteiger partial charge in [0.2, 0.25) is 0 Å². The van der Waals surface area contributed by atoms with Crippen molar-refractivity contribution >= 4 is 11.6 Å². The van der Waals surface area contributed by atoms with E-state index in [0.717, 1.165) is 19.4 Å². The molecular formula is C14H19ClFN. The molecule has 3 heteroatoms. The van der Waals surface area contributed by atoms with E-state index >= 15 is 0 Å². The molecule has 1 nitrogen and oxygen atoms in total. The van der Waals surface area contributed by atoms with E-state index in [1.165, 1.54) is 6.07 Å². The molecule has 0 fully saturated rings. The average molecular weight is 256 g/mol. The molecule has 1 N–H and O–H groups in total. The molecule has 1 unspecified atom stereocenters. The minimum atomic E-state index is -0.223. The molecule has 17 heavy (non-hydrogen) atoms. The third-order valence-electron chi connectivity index (χ3n) is 2.72. The van der Waals surface area contributed by atoms with Crippen LogP contribution in [0.3, 0.4) is 0 Å². The minimum absolute atomic E-state index is 0.223. The van der Waals surface area contributed by atoms with Gasteiger partial charge in [-0.2, -0.15) is 0 Å². The van der Waals surface area contributed by atoms with Crippen LogP contribution in [0.25, 0.3) is 0 Å². The van der Waals surface area contributed by atoms with Crippen LogP contribution < -0.4 is 5.32 Å². The van der Waals surface area contributed by atoms with E-state index in [4.69, 9.17) is 11.6 Å². The second kappa shape index (κ2) is 7.46. The van der Waals surface area contributed by atoms with Gasteiger partial charge in [-0.15, -0.1) is 6.58 Å². The van der Waals surface area contributed by atoms with Crippen molar-refractivity contribution in [2.24, 2.45) is 0 Å². The monoisotopic (exact) mass is 255 g/mol. The molecule has 1 atom stereocenters. The van der Waals surface area contributed by atoms with Crippen molar-refractivity contribution in [1.82, 2.24) is 5.32 Å². The summed E-state index contributed by atoms with van der Waals surface area (Å²) >= 11 is 6.02. The first-order valence-electron chi connectivity index (χ1n) is 5.96. The van der Waals surface area contributed by atoms with E-state index in [1.54, 1.807) is 12.1 Å². The number of allylic oxidation sites excluding steroid dienone is 1. The molecule has 0 saturated carbocycles. The average Bonchev–Trinajstić information content (AvgIpc) is 2.31. The molecule has 0 saturated heterocycles. The maximum Gasteiger partial charge on any atom is 0.127 e. The second-order valence-electron chi connectivity index (χ2n) is 4.02. The van der Waals surface area contributed by atoms with Crippen LogP contribution in [-0.4, -0.2) is 12.6 Å². The number of halogens is 2. The van der Waals surface area contributed by atoms with Crippen LogP contribution in [0.15, 0.2) is 30.9 Å². The van der Waals surface area contributed by atoms with E-state index in [0.29, 0.717) is 17.0 Å². The van der Waals surface area contributed by atoms with Crippen molar-refractivity contribution in [2.75, 3.05) is 6.54 Å². The largest absolute Gasteiger partial charge is 0.314 e. The van der Waals surface area contributed by atoms with Gasteiger partial charge < -0.3 is 5.32 Å². The molecule has 1 aromatic rings. The molecule has 1 rings (SSSR count). The predicted molar refractivity (Wildman–Crippen MR) is 72.0 cm³/mol. The first-order valence-corrected chi connectivity index (χ1v) is 6.34. The predicted octanol–water partition coefficient (Wildman–Crippen LogP) is 3.97. The molecule has 0 heterocycles. The zero-order valence-electron chi connectivity index (χ0n) is 10.2. The summed E-state index contributed by atoms with van der Waals surface area (Å²) in [5.74, 6) is -0.223. The summed E-state index contributed by atoms with van der Waals surface area (Å²) in [6.45, 7) is 6.62. The summed E-state index contributed by atoms with van der Waals surface area (Å²) in [6, 6.07) is 5.06. The van der Waals surface area contributed by atoms with Crippen molar-refractivity contribution in [3.8, 4) is 0 Å². The molecule has 1 aromatic carbocycles. The van der Waals surface area contributed by atoms with Gasteiger partial charge in [0, 0.05) is 16.6 Å². The van der Waals surface area contributed by atoms with Gasteiger partial charge in [-0.3, -0.25) is 0 Å². The van der Waals surface area contributed by atoms with E-state index in [1.807, 2.05) is 13.0 Å². The van der Waals surface area contributed by atoms with Crippen LogP contribution >= 0.6 is 11.6 Å². The smallest absolute Gasteiger partial charge is 0.127 e. The molecular weight excluding hydrogens is 237 g/mol. The van der Waals surface area contributed by atoms with Crippen LogP contribution in [0, 0.1) is 5.82 Å². The van der Waals surface area contributed by atoms with Crippen molar-refractivity contribution in [1.29, 1.82) is 0 Å². The van der Waals surface area contributed by atoms with Crippen LogP contribution in [0.1, 0.15) is 25.3 Å². The standard InChI is InChI=1S/C14H19ClFN/c1-3-5-7-11(17-4-2)10-12-13(15)8-6-9-14(12)16/h3,6,8-9,11,17H,1,4-5,7,10H2,2H3. The summed E-state index contributed by atoms with van der Waals surface area (Å²) in [5.41, 5.74) is 0.601. The normalized spacial score (nSPS) is 12.4. The van der Waals surface area contributed by atoms with Gasteiger partial charge >= 0.3 is 0 Å². The summed E-state index contributed by atoms with van der Waals surface area (Å²) in [4.78, 5) is 0. The Kier molecular flexibility index (Phi) is 6.23. The lowest BCUT2D eigenvalue weighted by atomic mass is 10.0. The zero-order chi connectivity index (χ0) is 12.7. The Morgan fingerprint density at radius 2 is 2.29 bits per heavy atom. The van der Waals surface area contributed by atoms with Gasteiger partial charge in [-0.05, 0) is 37.9 Å². The lowest BCUT2D eigenvalue weighted by Crippen LogP contribution is -2.31. The van der Waals surface area contributed by atoms with Crippen LogP contribution in [0.2, 0.25) is 5.02 Å². The van der Waals surface area contributed by atoms with Crippen LogP contribution in [-0.2, 0) is 6.42 Å². The summed E-state index contributed by atoms with van der Waals surface area (Å²) < 4.78 is 13.6. The van der Waals surface area contributed by atoms with Gasteiger partial charge in [0.15, 0.2) is 0 Å². The Bertz CT molecular complexity index is 345. The van der Waals surface area contributed by atoms with Crippen molar-refractivity contribution < 1.29 is 4.39 Å². The highest BCUT2D eigenvalue weighted by Crippen LogP contribution is 2.21. The molecule has 0 spiro atoms. The van der Waals surface area contributed by atoms with Gasteiger partial charge in [0.1, 0.15) is 5.82 Å². The Balaban J connectivity index is 2.74. The fourth-order valence-corrected chi connectivity index (χ4v) is 2.10. The molecule has 0 radical (unpaired) electrons. The fraction of sp³-hybridized carbons (Fsp3) is 0.429. The third-order valence-corrected chi connectivity index (χ3v) is 3.08. The van der Waals surface area contributed by atoms with E-state index in [9.17, 15) is 4.39 Å². The molecule has 0 aromatic heterocycles. The lowest BCUT2D eigenvalue weighted by Gasteiger charge is -2.18. The van der Waals surface area contributed by atoms with Gasteiger partial charge in [-0.1, -0.05) is 30.7 Å². The number of benzene rings is 1. The van der Waals surface area contributed by atoms with E-state index in [-0.39, 0.29) is 11.9 Å². The Hall–Kier alpha value is -0.860. The van der Waals surface area contributed by atoms with Gasteiger partial charge in [0.05, 0.1) is 0 Å². The molecule has 0 amide bonds. The fourth-order valence-electron chi connectivity index (χ4n) is 1.86. The Morgan fingerprint density at radius 1 is 1.53 bits per heavy atom. The summed E-state index contributed by atoms with van der Waals surface area (Å²) in [7, 11) is 0. The third kappa shape index (κ3) is 4.49. The molecule has 0 aliphatic rings. The van der Waals surface area contributed by atoms with E-state index < -0.39 is 0 Å². The Morgan fingerprint density at radius 3 is 2.88 bits per heavy atom. The minimum Gasteiger partial charge on any atom is -0.314 e. The first kappa shape index (κ1) is 14.2. The maximum absolute atomic E-state index is 13.6. The number of rotatable bonds is 7. The maximum atomic E-state index is 13.6. The highest BCUT2D eigenvalue weighted by molar-refractivity contribution is 6.31. The molecule has 0 bridgehead atoms. The molecule has 0 aliphatic carbocycles. The van der Waals surface area contributed by atoms with Crippen LogP contribution in [0.4, 0.5) is 4.39 Å². The van der Waals surface area contributed by atoms with Crippen molar-refractivity contribution in [2.45, 2.75) is 32.2 Å². The second-order valence-corrected chi connectivity index (χ2v) is 4.43. The SMILES string of the molecule is C=CCCC(Cc1c(F)cccc1Cl)NCC. The van der Waals surface area contributed by atoms with Crippen molar-refractivity contribution in [3.63, 3.8) is 0 Å². The van der Waals surface area contributed by atoms with Crippen LogP contribution in [0.5, 0.6) is 0 Å². The highest BCUT2D eigenvalue weighted by Gasteiger charge is 2.13. The van der Waals surface area contributed by atoms with E-state index in [2.05, 4.69) is 11.9 Å². The number of nitrogens with one attached hydrogen (secondary N) is 1.